The van der Waals surface area contributed by atoms with Crippen LogP contribution in [0.2, 0.25) is 0 Å². The molecule has 2 aromatic heterocycles. The van der Waals surface area contributed by atoms with Crippen LogP contribution in [0.4, 0.5) is 10.1 Å². The molecule has 0 spiro atoms. The van der Waals surface area contributed by atoms with Crippen molar-refractivity contribution in [3.63, 3.8) is 0 Å². The molecule has 0 atom stereocenters. The lowest BCUT2D eigenvalue weighted by atomic mass is 10.1. The molecule has 0 amide bonds. The molecule has 2 heterocycles. The van der Waals surface area contributed by atoms with Gasteiger partial charge in [0.05, 0.1) is 12.8 Å². The number of sulfonamides is 1. The molecular formula is C18H14FN5O3S. The van der Waals surface area contributed by atoms with E-state index in [9.17, 15) is 12.8 Å². The first-order valence-electron chi connectivity index (χ1n) is 8.10. The molecule has 4 rings (SSSR count). The van der Waals surface area contributed by atoms with Crippen LogP contribution in [-0.4, -0.2) is 35.3 Å². The predicted molar refractivity (Wildman–Crippen MR) is 100.0 cm³/mol. The van der Waals surface area contributed by atoms with Crippen LogP contribution in [0.3, 0.4) is 0 Å². The molecule has 1 N–H and O–H groups in total. The van der Waals surface area contributed by atoms with Crippen LogP contribution >= 0.6 is 0 Å². The molecule has 0 radical (unpaired) electrons. The number of aromatic nitrogens is 4. The number of anilines is 1. The molecule has 4 aromatic rings. The number of hydrogen-bond donors (Lipinski definition) is 1. The molecule has 10 heteroatoms. The Balaban J connectivity index is 1.61. The second-order valence-corrected chi connectivity index (χ2v) is 7.48. The lowest BCUT2D eigenvalue weighted by Crippen LogP contribution is -2.14. The van der Waals surface area contributed by atoms with Crippen LogP contribution < -0.4 is 9.46 Å². The summed E-state index contributed by atoms with van der Waals surface area (Å²) in [6.07, 6.45) is 1.49. The number of benzene rings is 2. The maximum atomic E-state index is 13.5. The van der Waals surface area contributed by atoms with E-state index < -0.39 is 15.8 Å². The number of nitrogens with zero attached hydrogens (tertiary/aromatic N) is 4. The summed E-state index contributed by atoms with van der Waals surface area (Å²) in [5, 5.41) is 12.1. The standard InChI is InChI=1S/C18H14FN5O3S/c1-27-16-8-4-13(19)10-17(16)28(25,26)23-14-5-2-12(3-6-14)15-7-9-18-21-20-11-24(18)22-15/h2-11,23H,1H3. The van der Waals surface area contributed by atoms with Gasteiger partial charge in [0, 0.05) is 11.3 Å². The summed E-state index contributed by atoms with van der Waals surface area (Å²) in [5.74, 6) is -0.621. The third-order valence-corrected chi connectivity index (χ3v) is 5.41. The second-order valence-electron chi connectivity index (χ2n) is 5.83. The van der Waals surface area contributed by atoms with Crippen molar-refractivity contribution in [1.82, 2.24) is 19.8 Å². The van der Waals surface area contributed by atoms with Crippen LogP contribution in [0.1, 0.15) is 0 Å². The van der Waals surface area contributed by atoms with Gasteiger partial charge in [0.2, 0.25) is 0 Å². The SMILES string of the molecule is COc1ccc(F)cc1S(=O)(=O)Nc1ccc(-c2ccc3nncn3n2)cc1. The maximum absolute atomic E-state index is 13.5. The highest BCUT2D eigenvalue weighted by Crippen LogP contribution is 2.27. The van der Waals surface area contributed by atoms with Crippen LogP contribution in [0.15, 0.2) is 65.8 Å². The Hall–Kier alpha value is -3.53. The van der Waals surface area contributed by atoms with Crippen molar-refractivity contribution in [3.05, 3.63) is 66.7 Å². The molecular weight excluding hydrogens is 385 g/mol. The summed E-state index contributed by atoms with van der Waals surface area (Å²) in [5.41, 5.74) is 2.40. The van der Waals surface area contributed by atoms with E-state index in [0.717, 1.165) is 17.7 Å². The van der Waals surface area contributed by atoms with Crippen LogP contribution in [0, 0.1) is 5.82 Å². The molecule has 0 aliphatic heterocycles. The minimum atomic E-state index is -4.03. The molecule has 0 saturated carbocycles. The zero-order valence-electron chi connectivity index (χ0n) is 14.6. The Morgan fingerprint density at radius 1 is 1.07 bits per heavy atom. The van der Waals surface area contributed by atoms with Gasteiger partial charge in [0.1, 0.15) is 22.8 Å². The summed E-state index contributed by atoms with van der Waals surface area (Å²) in [6, 6.07) is 13.5. The van der Waals surface area contributed by atoms with Gasteiger partial charge in [-0.2, -0.15) is 9.61 Å². The van der Waals surface area contributed by atoms with Crippen molar-refractivity contribution in [3.8, 4) is 17.0 Å². The summed E-state index contributed by atoms with van der Waals surface area (Å²) in [7, 11) is -2.71. The normalized spacial score (nSPS) is 11.5. The van der Waals surface area contributed by atoms with E-state index in [1.54, 1.807) is 40.9 Å². The minimum Gasteiger partial charge on any atom is -0.495 e. The smallest absolute Gasteiger partial charge is 0.265 e. The molecule has 28 heavy (non-hydrogen) atoms. The Kier molecular flexibility index (Phi) is 4.40. The van der Waals surface area contributed by atoms with Gasteiger partial charge in [-0.05, 0) is 42.5 Å². The van der Waals surface area contributed by atoms with Gasteiger partial charge in [-0.3, -0.25) is 4.72 Å². The fourth-order valence-corrected chi connectivity index (χ4v) is 3.90. The van der Waals surface area contributed by atoms with Crippen LogP contribution in [0.5, 0.6) is 5.75 Å². The number of methoxy groups -OCH3 is 1. The molecule has 0 aliphatic rings. The molecule has 8 nitrogen and oxygen atoms in total. The summed E-state index contributed by atoms with van der Waals surface area (Å²) >= 11 is 0. The van der Waals surface area contributed by atoms with Crippen molar-refractivity contribution in [2.45, 2.75) is 4.90 Å². The van der Waals surface area contributed by atoms with E-state index in [2.05, 4.69) is 20.0 Å². The van der Waals surface area contributed by atoms with Crippen LogP contribution in [0.25, 0.3) is 16.9 Å². The van der Waals surface area contributed by atoms with Gasteiger partial charge in [-0.1, -0.05) is 12.1 Å². The second kappa shape index (κ2) is 6.89. The molecule has 0 unspecified atom stereocenters. The first kappa shape index (κ1) is 17.9. The topological polar surface area (TPSA) is 98.5 Å². The number of nitrogens with one attached hydrogen (secondary N) is 1. The van der Waals surface area contributed by atoms with E-state index in [1.165, 1.54) is 19.5 Å². The van der Waals surface area contributed by atoms with Crippen molar-refractivity contribution < 1.29 is 17.5 Å². The minimum absolute atomic E-state index is 0.0527. The van der Waals surface area contributed by atoms with Gasteiger partial charge in [0.15, 0.2) is 5.65 Å². The highest BCUT2D eigenvalue weighted by atomic mass is 32.2. The Morgan fingerprint density at radius 2 is 1.86 bits per heavy atom. The summed E-state index contributed by atoms with van der Waals surface area (Å²) in [6.45, 7) is 0. The van der Waals surface area contributed by atoms with Gasteiger partial charge >= 0.3 is 0 Å². The molecule has 142 valence electrons. The highest BCUT2D eigenvalue weighted by Gasteiger charge is 2.20. The van der Waals surface area contributed by atoms with Gasteiger partial charge in [-0.25, -0.2) is 12.8 Å². The van der Waals surface area contributed by atoms with E-state index in [0.29, 0.717) is 17.0 Å². The lowest BCUT2D eigenvalue weighted by molar-refractivity contribution is 0.401. The van der Waals surface area contributed by atoms with Crippen LogP contribution in [-0.2, 0) is 10.0 Å². The monoisotopic (exact) mass is 399 g/mol. The largest absolute Gasteiger partial charge is 0.495 e. The van der Waals surface area contributed by atoms with Crippen molar-refractivity contribution in [2.75, 3.05) is 11.8 Å². The van der Waals surface area contributed by atoms with Gasteiger partial charge in [0.25, 0.3) is 10.0 Å². The number of fused-ring (bicyclic) bond motifs is 1. The van der Waals surface area contributed by atoms with E-state index in [1.807, 2.05) is 0 Å². The number of ether oxygens (including phenoxy) is 1. The van der Waals surface area contributed by atoms with E-state index in [4.69, 9.17) is 4.74 Å². The number of halogens is 1. The quantitative estimate of drug-likeness (QED) is 0.554. The Morgan fingerprint density at radius 3 is 2.61 bits per heavy atom. The average Bonchev–Trinajstić information content (AvgIpc) is 3.16. The third-order valence-electron chi connectivity index (χ3n) is 4.01. The van der Waals surface area contributed by atoms with E-state index >= 15 is 0 Å². The lowest BCUT2D eigenvalue weighted by Gasteiger charge is -2.12. The maximum Gasteiger partial charge on any atom is 0.265 e. The molecule has 0 saturated heterocycles. The van der Waals surface area contributed by atoms with Crippen molar-refractivity contribution in [2.24, 2.45) is 0 Å². The highest BCUT2D eigenvalue weighted by molar-refractivity contribution is 7.92. The molecule has 0 bridgehead atoms. The zero-order valence-corrected chi connectivity index (χ0v) is 15.4. The predicted octanol–water partition coefficient (Wildman–Crippen LogP) is 2.74. The Bertz CT molecular complexity index is 1260. The Labute approximate surface area is 159 Å². The third kappa shape index (κ3) is 3.37. The number of hydrogen-bond acceptors (Lipinski definition) is 6. The van der Waals surface area contributed by atoms with Gasteiger partial charge < -0.3 is 4.74 Å². The average molecular weight is 399 g/mol. The number of rotatable bonds is 5. The van der Waals surface area contributed by atoms with Crippen molar-refractivity contribution >= 4 is 21.4 Å². The zero-order chi connectivity index (χ0) is 19.7. The molecule has 0 fully saturated rings. The van der Waals surface area contributed by atoms with Gasteiger partial charge in [-0.15, -0.1) is 10.2 Å². The fraction of sp³-hybridized carbons (Fsp3) is 0.0556. The summed E-state index contributed by atoms with van der Waals surface area (Å²) < 4.78 is 47.7. The van der Waals surface area contributed by atoms with Crippen molar-refractivity contribution in [1.29, 1.82) is 0 Å². The first-order valence-corrected chi connectivity index (χ1v) is 9.58. The summed E-state index contributed by atoms with van der Waals surface area (Å²) in [4.78, 5) is -0.279. The molecule has 0 aliphatic carbocycles. The first-order chi connectivity index (χ1) is 13.5. The fourth-order valence-electron chi connectivity index (χ4n) is 2.66. The molecule has 2 aromatic carbocycles. The van der Waals surface area contributed by atoms with E-state index in [-0.39, 0.29) is 10.6 Å².